The van der Waals surface area contributed by atoms with Crippen LogP contribution in [0.5, 0.6) is 0 Å². The molecule has 0 radical (unpaired) electrons. The maximum absolute atomic E-state index is 13.8. The molecule has 6 heteroatoms. The Hall–Kier alpha value is -3.02. The van der Waals surface area contributed by atoms with Gasteiger partial charge in [0.05, 0.1) is 5.69 Å². The van der Waals surface area contributed by atoms with Gasteiger partial charge in [-0.05, 0) is 37.6 Å². The van der Waals surface area contributed by atoms with Crippen molar-refractivity contribution in [2.45, 2.75) is 13.8 Å². The maximum atomic E-state index is 13.8. The Morgan fingerprint density at radius 1 is 0.792 bits per heavy atom. The van der Waals surface area contributed by atoms with E-state index in [-0.39, 0.29) is 5.69 Å². The minimum Gasteiger partial charge on any atom is -0.340 e. The number of halogens is 2. The highest BCUT2D eigenvalue weighted by atomic mass is 19.1. The lowest BCUT2D eigenvalue weighted by molar-refractivity contribution is 0.586. The molecular formula is C18H16F2N4. The molecule has 3 aromatic rings. The highest BCUT2D eigenvalue weighted by Crippen LogP contribution is 2.23. The average Bonchev–Trinajstić information content (AvgIpc) is 2.52. The van der Waals surface area contributed by atoms with E-state index in [1.165, 1.54) is 12.1 Å². The van der Waals surface area contributed by atoms with Gasteiger partial charge in [-0.25, -0.2) is 18.7 Å². The van der Waals surface area contributed by atoms with E-state index in [0.29, 0.717) is 17.5 Å². The first-order chi connectivity index (χ1) is 11.5. The Morgan fingerprint density at radius 2 is 1.46 bits per heavy atom. The first kappa shape index (κ1) is 15.9. The first-order valence-electron chi connectivity index (χ1n) is 7.42. The minimum atomic E-state index is -0.681. The van der Waals surface area contributed by atoms with Crippen molar-refractivity contribution in [2.75, 3.05) is 10.6 Å². The maximum Gasteiger partial charge on any atom is 0.149 e. The standard InChI is InChI=1S/C18H16F2N4/c1-11-5-3-4-6-15(11)23-17-10-18(22-12(2)21-17)24-16-8-7-13(19)9-14(16)20/h3-10H,1-2H3,(H2,21,22,23,24). The number of nitrogens with zero attached hydrogens (tertiary/aromatic N) is 2. The zero-order chi connectivity index (χ0) is 17.1. The predicted octanol–water partition coefficient (Wildman–Crippen LogP) is 4.86. The minimum absolute atomic E-state index is 0.149. The first-order valence-corrected chi connectivity index (χ1v) is 7.42. The number of nitrogens with one attached hydrogen (secondary N) is 2. The van der Waals surface area contributed by atoms with Crippen molar-refractivity contribution < 1.29 is 8.78 Å². The summed E-state index contributed by atoms with van der Waals surface area (Å²) in [6, 6.07) is 12.8. The third-order valence-corrected chi connectivity index (χ3v) is 3.44. The van der Waals surface area contributed by atoms with Gasteiger partial charge >= 0.3 is 0 Å². The van der Waals surface area contributed by atoms with Crippen molar-refractivity contribution in [3.8, 4) is 0 Å². The van der Waals surface area contributed by atoms with Crippen LogP contribution in [-0.2, 0) is 0 Å². The lowest BCUT2D eigenvalue weighted by atomic mass is 10.2. The normalized spacial score (nSPS) is 10.5. The number of hydrogen-bond acceptors (Lipinski definition) is 4. The number of aromatic nitrogens is 2. The van der Waals surface area contributed by atoms with E-state index in [9.17, 15) is 8.78 Å². The molecule has 4 nitrogen and oxygen atoms in total. The third-order valence-electron chi connectivity index (χ3n) is 3.44. The van der Waals surface area contributed by atoms with Gasteiger partial charge in [-0.2, -0.15) is 0 Å². The van der Waals surface area contributed by atoms with Gasteiger partial charge in [0.2, 0.25) is 0 Å². The van der Waals surface area contributed by atoms with E-state index in [1.807, 2.05) is 31.2 Å². The van der Waals surface area contributed by atoms with Gasteiger partial charge in [0.15, 0.2) is 0 Å². The zero-order valence-corrected chi connectivity index (χ0v) is 13.3. The summed E-state index contributed by atoms with van der Waals surface area (Å²) >= 11 is 0. The van der Waals surface area contributed by atoms with Crippen LogP contribution in [0, 0.1) is 25.5 Å². The Morgan fingerprint density at radius 3 is 2.12 bits per heavy atom. The molecule has 0 bridgehead atoms. The molecule has 0 fully saturated rings. The molecule has 0 amide bonds. The fourth-order valence-electron chi connectivity index (χ4n) is 2.28. The van der Waals surface area contributed by atoms with Crippen LogP contribution in [0.1, 0.15) is 11.4 Å². The van der Waals surface area contributed by atoms with Gasteiger partial charge in [0.25, 0.3) is 0 Å². The summed E-state index contributed by atoms with van der Waals surface area (Å²) in [5, 5.41) is 6.07. The van der Waals surface area contributed by atoms with E-state index in [0.717, 1.165) is 17.3 Å². The van der Waals surface area contributed by atoms with Crippen molar-refractivity contribution in [1.82, 2.24) is 9.97 Å². The van der Waals surface area contributed by atoms with Crippen LogP contribution in [0.3, 0.4) is 0 Å². The summed E-state index contributed by atoms with van der Waals surface area (Å²) in [7, 11) is 0. The second-order valence-electron chi connectivity index (χ2n) is 5.37. The monoisotopic (exact) mass is 326 g/mol. The van der Waals surface area contributed by atoms with Crippen LogP contribution in [-0.4, -0.2) is 9.97 Å². The molecule has 2 aromatic carbocycles. The summed E-state index contributed by atoms with van der Waals surface area (Å²) in [5.74, 6) is 0.225. The number of rotatable bonds is 4. The highest BCUT2D eigenvalue weighted by Gasteiger charge is 2.08. The van der Waals surface area contributed by atoms with Gasteiger partial charge in [-0.3, -0.25) is 0 Å². The summed E-state index contributed by atoms with van der Waals surface area (Å²) in [6.45, 7) is 3.73. The molecule has 0 saturated heterocycles. The summed E-state index contributed by atoms with van der Waals surface area (Å²) < 4.78 is 26.8. The van der Waals surface area contributed by atoms with Gasteiger partial charge in [-0.1, -0.05) is 18.2 Å². The number of para-hydroxylation sites is 1. The second kappa shape index (κ2) is 6.62. The van der Waals surface area contributed by atoms with Gasteiger partial charge in [0.1, 0.15) is 29.1 Å². The van der Waals surface area contributed by atoms with Crippen LogP contribution >= 0.6 is 0 Å². The molecule has 0 aliphatic heterocycles. The number of hydrogen-bond donors (Lipinski definition) is 2. The van der Waals surface area contributed by atoms with Gasteiger partial charge in [0, 0.05) is 17.8 Å². The molecule has 0 aliphatic carbocycles. The second-order valence-corrected chi connectivity index (χ2v) is 5.37. The van der Waals surface area contributed by atoms with Crippen LogP contribution < -0.4 is 10.6 Å². The fraction of sp³-hybridized carbons (Fsp3) is 0.111. The molecule has 0 unspecified atom stereocenters. The molecule has 0 saturated carbocycles. The topological polar surface area (TPSA) is 49.8 Å². The number of anilines is 4. The van der Waals surface area contributed by atoms with Crippen LogP contribution in [0.2, 0.25) is 0 Å². The van der Waals surface area contributed by atoms with Gasteiger partial charge < -0.3 is 10.6 Å². The quantitative estimate of drug-likeness (QED) is 0.719. The highest BCUT2D eigenvalue weighted by molar-refractivity contribution is 5.65. The fourth-order valence-corrected chi connectivity index (χ4v) is 2.28. The Kier molecular flexibility index (Phi) is 4.37. The molecule has 0 spiro atoms. The van der Waals surface area contributed by atoms with Crippen LogP contribution in [0.4, 0.5) is 31.8 Å². The van der Waals surface area contributed by atoms with Crippen LogP contribution in [0.15, 0.2) is 48.5 Å². The Labute approximate surface area is 138 Å². The van der Waals surface area contributed by atoms with Gasteiger partial charge in [-0.15, -0.1) is 0 Å². The molecule has 24 heavy (non-hydrogen) atoms. The van der Waals surface area contributed by atoms with E-state index in [2.05, 4.69) is 20.6 Å². The van der Waals surface area contributed by atoms with Crippen molar-refractivity contribution in [1.29, 1.82) is 0 Å². The van der Waals surface area contributed by atoms with Crippen molar-refractivity contribution >= 4 is 23.0 Å². The predicted molar refractivity (Wildman–Crippen MR) is 90.9 cm³/mol. The van der Waals surface area contributed by atoms with Crippen LogP contribution in [0.25, 0.3) is 0 Å². The summed E-state index contributed by atoms with van der Waals surface area (Å²) in [6.07, 6.45) is 0. The molecule has 1 heterocycles. The SMILES string of the molecule is Cc1nc(Nc2ccccc2C)cc(Nc2ccc(F)cc2F)n1. The molecule has 1 aromatic heterocycles. The number of aryl methyl sites for hydroxylation is 2. The summed E-state index contributed by atoms with van der Waals surface area (Å²) in [4.78, 5) is 8.57. The molecule has 122 valence electrons. The lowest BCUT2D eigenvalue weighted by Gasteiger charge is -2.12. The van der Waals surface area contributed by atoms with E-state index in [4.69, 9.17) is 0 Å². The average molecular weight is 326 g/mol. The third kappa shape index (κ3) is 3.65. The van der Waals surface area contributed by atoms with Crippen molar-refractivity contribution in [3.63, 3.8) is 0 Å². The Balaban J connectivity index is 1.87. The molecule has 2 N–H and O–H groups in total. The molecule has 0 atom stereocenters. The lowest BCUT2D eigenvalue weighted by Crippen LogP contribution is -2.03. The smallest absolute Gasteiger partial charge is 0.149 e. The van der Waals surface area contributed by atoms with Crippen molar-refractivity contribution in [2.24, 2.45) is 0 Å². The van der Waals surface area contributed by atoms with E-state index < -0.39 is 11.6 Å². The number of benzene rings is 2. The largest absolute Gasteiger partial charge is 0.340 e. The van der Waals surface area contributed by atoms with E-state index >= 15 is 0 Å². The molecule has 0 aliphatic rings. The Bertz CT molecular complexity index is 881. The van der Waals surface area contributed by atoms with Crippen molar-refractivity contribution in [3.05, 3.63) is 71.6 Å². The van der Waals surface area contributed by atoms with E-state index in [1.54, 1.807) is 13.0 Å². The summed E-state index contributed by atoms with van der Waals surface area (Å²) in [5.41, 5.74) is 2.15. The molecular weight excluding hydrogens is 310 g/mol. The molecule has 3 rings (SSSR count). The zero-order valence-electron chi connectivity index (χ0n) is 13.3.